The van der Waals surface area contributed by atoms with Gasteiger partial charge in [0, 0.05) is 17.2 Å². The molecular formula is C19H18N4O4. The van der Waals surface area contributed by atoms with E-state index in [-0.39, 0.29) is 17.2 Å². The number of aromatic amines is 1. The Bertz CT molecular complexity index is 993. The number of carbonyl (C=O) groups is 1. The fourth-order valence-electron chi connectivity index (χ4n) is 2.43. The summed E-state index contributed by atoms with van der Waals surface area (Å²) in [7, 11) is 1.59. The first kappa shape index (κ1) is 18.0. The number of aromatic hydroxyl groups is 2. The molecule has 8 nitrogen and oxygen atoms in total. The number of benzene rings is 2. The SMILES string of the molecule is COc1ccc(-c2cc(C(=O)NN=C(C)c3ccc(O)cc3O)[nH]n2)cc1. The Morgan fingerprint density at radius 3 is 2.56 bits per heavy atom. The van der Waals surface area contributed by atoms with Gasteiger partial charge in [0.1, 0.15) is 22.9 Å². The predicted octanol–water partition coefficient (Wildman–Crippen LogP) is 2.65. The average Bonchev–Trinajstić information content (AvgIpc) is 3.16. The Kier molecular flexibility index (Phi) is 5.07. The highest BCUT2D eigenvalue weighted by atomic mass is 16.5. The number of nitrogens with zero attached hydrogens (tertiary/aromatic N) is 2. The summed E-state index contributed by atoms with van der Waals surface area (Å²) in [5.41, 5.74) is 4.88. The van der Waals surface area contributed by atoms with Gasteiger partial charge in [-0.2, -0.15) is 10.2 Å². The molecule has 0 aliphatic heterocycles. The van der Waals surface area contributed by atoms with Crippen molar-refractivity contribution in [3.8, 4) is 28.5 Å². The number of rotatable bonds is 5. The van der Waals surface area contributed by atoms with E-state index in [1.165, 1.54) is 18.2 Å². The van der Waals surface area contributed by atoms with E-state index in [9.17, 15) is 15.0 Å². The molecule has 27 heavy (non-hydrogen) atoms. The number of ether oxygens (including phenoxy) is 1. The van der Waals surface area contributed by atoms with Gasteiger partial charge < -0.3 is 14.9 Å². The van der Waals surface area contributed by atoms with Gasteiger partial charge in [-0.3, -0.25) is 9.89 Å². The molecule has 0 atom stereocenters. The number of hydrogen-bond donors (Lipinski definition) is 4. The molecule has 0 saturated carbocycles. The van der Waals surface area contributed by atoms with E-state index in [1.54, 1.807) is 20.1 Å². The molecule has 138 valence electrons. The van der Waals surface area contributed by atoms with Crippen molar-refractivity contribution >= 4 is 11.6 Å². The molecule has 4 N–H and O–H groups in total. The highest BCUT2D eigenvalue weighted by molar-refractivity contribution is 6.02. The first-order chi connectivity index (χ1) is 13.0. The Balaban J connectivity index is 1.72. The first-order valence-electron chi connectivity index (χ1n) is 8.04. The highest BCUT2D eigenvalue weighted by Crippen LogP contribution is 2.23. The van der Waals surface area contributed by atoms with E-state index in [0.717, 1.165) is 11.3 Å². The van der Waals surface area contributed by atoms with Crippen LogP contribution in [0.3, 0.4) is 0 Å². The van der Waals surface area contributed by atoms with Crippen molar-refractivity contribution in [2.24, 2.45) is 5.10 Å². The molecule has 3 rings (SSSR count). The maximum Gasteiger partial charge on any atom is 0.289 e. The molecule has 0 unspecified atom stereocenters. The fraction of sp³-hybridized carbons (Fsp3) is 0.105. The minimum atomic E-state index is -0.472. The second-order valence-corrected chi connectivity index (χ2v) is 5.73. The summed E-state index contributed by atoms with van der Waals surface area (Å²) in [6.07, 6.45) is 0. The number of H-pyrrole nitrogens is 1. The molecule has 0 radical (unpaired) electrons. The van der Waals surface area contributed by atoms with Gasteiger partial charge in [0.25, 0.3) is 5.91 Å². The van der Waals surface area contributed by atoms with Crippen molar-refractivity contribution in [1.29, 1.82) is 0 Å². The molecule has 0 saturated heterocycles. The van der Waals surface area contributed by atoms with Gasteiger partial charge in [-0.05, 0) is 49.4 Å². The summed E-state index contributed by atoms with van der Waals surface area (Å²) in [6, 6.07) is 13.0. The van der Waals surface area contributed by atoms with Gasteiger partial charge in [0.2, 0.25) is 0 Å². The largest absolute Gasteiger partial charge is 0.508 e. The number of methoxy groups -OCH3 is 1. The van der Waals surface area contributed by atoms with Crippen LogP contribution in [-0.2, 0) is 0 Å². The second kappa shape index (κ2) is 7.61. The van der Waals surface area contributed by atoms with E-state index in [0.29, 0.717) is 17.0 Å². The normalized spacial score (nSPS) is 11.3. The number of hydrazone groups is 1. The van der Waals surface area contributed by atoms with E-state index < -0.39 is 5.91 Å². The Morgan fingerprint density at radius 2 is 1.89 bits per heavy atom. The van der Waals surface area contributed by atoms with Crippen LogP contribution in [0, 0.1) is 0 Å². The number of phenolic OH excluding ortho intramolecular Hbond substituents is 2. The number of hydrogen-bond acceptors (Lipinski definition) is 6. The monoisotopic (exact) mass is 366 g/mol. The Hall–Kier alpha value is -3.81. The van der Waals surface area contributed by atoms with E-state index in [2.05, 4.69) is 20.7 Å². The van der Waals surface area contributed by atoms with E-state index >= 15 is 0 Å². The van der Waals surface area contributed by atoms with Crippen LogP contribution in [0.25, 0.3) is 11.3 Å². The molecule has 0 fully saturated rings. The Morgan fingerprint density at radius 1 is 1.15 bits per heavy atom. The molecule has 3 aromatic rings. The topological polar surface area (TPSA) is 120 Å². The quantitative estimate of drug-likeness (QED) is 0.409. The predicted molar refractivity (Wildman–Crippen MR) is 100 cm³/mol. The van der Waals surface area contributed by atoms with Crippen molar-refractivity contribution in [2.45, 2.75) is 6.92 Å². The van der Waals surface area contributed by atoms with Gasteiger partial charge >= 0.3 is 0 Å². The first-order valence-corrected chi connectivity index (χ1v) is 8.04. The molecule has 0 aliphatic rings. The van der Waals surface area contributed by atoms with Gasteiger partial charge in [-0.1, -0.05) is 0 Å². The van der Waals surface area contributed by atoms with Crippen LogP contribution >= 0.6 is 0 Å². The lowest BCUT2D eigenvalue weighted by Crippen LogP contribution is -2.19. The number of nitrogens with one attached hydrogen (secondary N) is 2. The number of phenols is 2. The summed E-state index contributed by atoms with van der Waals surface area (Å²) in [5.74, 6) is 0.0693. The maximum atomic E-state index is 12.3. The highest BCUT2D eigenvalue weighted by Gasteiger charge is 2.12. The fourth-order valence-corrected chi connectivity index (χ4v) is 2.43. The van der Waals surface area contributed by atoms with E-state index in [1.807, 2.05) is 24.3 Å². The van der Waals surface area contributed by atoms with Crippen LogP contribution in [0.5, 0.6) is 17.2 Å². The maximum absolute atomic E-state index is 12.3. The number of aromatic nitrogens is 2. The average molecular weight is 366 g/mol. The second-order valence-electron chi connectivity index (χ2n) is 5.73. The number of amides is 1. The lowest BCUT2D eigenvalue weighted by molar-refractivity contribution is 0.0950. The lowest BCUT2D eigenvalue weighted by atomic mass is 10.1. The van der Waals surface area contributed by atoms with Crippen LogP contribution < -0.4 is 10.2 Å². The number of carbonyl (C=O) groups excluding carboxylic acids is 1. The van der Waals surface area contributed by atoms with Crippen molar-refractivity contribution < 1.29 is 19.7 Å². The summed E-state index contributed by atoms with van der Waals surface area (Å²) >= 11 is 0. The van der Waals surface area contributed by atoms with Gasteiger partial charge in [0.15, 0.2) is 0 Å². The molecule has 1 amide bonds. The summed E-state index contributed by atoms with van der Waals surface area (Å²) in [6.45, 7) is 1.63. The zero-order valence-electron chi connectivity index (χ0n) is 14.7. The van der Waals surface area contributed by atoms with Crippen LogP contribution in [-0.4, -0.2) is 39.1 Å². The van der Waals surface area contributed by atoms with Crippen molar-refractivity contribution in [2.75, 3.05) is 7.11 Å². The third kappa shape index (κ3) is 4.06. The third-order valence-electron chi connectivity index (χ3n) is 3.90. The smallest absolute Gasteiger partial charge is 0.289 e. The van der Waals surface area contributed by atoms with Crippen molar-refractivity contribution in [3.05, 3.63) is 59.8 Å². The van der Waals surface area contributed by atoms with Gasteiger partial charge in [0.05, 0.1) is 18.5 Å². The Labute approximate surface area is 155 Å². The van der Waals surface area contributed by atoms with Crippen LogP contribution in [0.1, 0.15) is 23.0 Å². The molecule has 8 heteroatoms. The zero-order valence-corrected chi connectivity index (χ0v) is 14.7. The minimum Gasteiger partial charge on any atom is -0.508 e. The van der Waals surface area contributed by atoms with Crippen LogP contribution in [0.15, 0.2) is 53.6 Å². The van der Waals surface area contributed by atoms with Crippen molar-refractivity contribution in [3.63, 3.8) is 0 Å². The van der Waals surface area contributed by atoms with Crippen molar-refractivity contribution in [1.82, 2.24) is 15.6 Å². The zero-order chi connectivity index (χ0) is 19.4. The molecule has 0 aliphatic carbocycles. The van der Waals surface area contributed by atoms with E-state index in [4.69, 9.17) is 4.74 Å². The third-order valence-corrected chi connectivity index (χ3v) is 3.90. The molecule has 0 spiro atoms. The standard InChI is InChI=1S/C19H18N4O4/c1-11(15-8-5-13(24)9-18(15)25)20-23-19(26)17-10-16(21-22-17)12-3-6-14(27-2)7-4-12/h3-10,24-25H,1-2H3,(H,21,22)(H,23,26). The molecule has 2 aromatic carbocycles. The summed E-state index contributed by atoms with van der Waals surface area (Å²) < 4.78 is 5.12. The summed E-state index contributed by atoms with van der Waals surface area (Å²) in [4.78, 5) is 12.3. The summed E-state index contributed by atoms with van der Waals surface area (Å²) in [5, 5.41) is 29.9. The molecular weight excluding hydrogens is 348 g/mol. The van der Waals surface area contributed by atoms with Crippen LogP contribution in [0.2, 0.25) is 0 Å². The molecule has 1 heterocycles. The van der Waals surface area contributed by atoms with Crippen LogP contribution in [0.4, 0.5) is 0 Å². The molecule has 0 bridgehead atoms. The van der Waals surface area contributed by atoms with Gasteiger partial charge in [-0.25, -0.2) is 5.43 Å². The lowest BCUT2D eigenvalue weighted by Gasteiger charge is -2.05. The molecule has 1 aromatic heterocycles. The minimum absolute atomic E-state index is 0.0587. The van der Waals surface area contributed by atoms with Gasteiger partial charge in [-0.15, -0.1) is 0 Å².